The Bertz CT molecular complexity index is 2280. The van der Waals surface area contributed by atoms with Gasteiger partial charge in [-0.25, -0.2) is 28.6 Å². The van der Waals surface area contributed by atoms with Crippen LogP contribution in [0.4, 0.5) is 0 Å². The first-order valence-electron chi connectivity index (χ1n) is 15.4. The van der Waals surface area contributed by atoms with Gasteiger partial charge in [-0.2, -0.15) is 20.7 Å². The predicted molar refractivity (Wildman–Crippen MR) is 186 cm³/mol. The van der Waals surface area contributed by atoms with Gasteiger partial charge in [0.15, 0.2) is 11.3 Å². The van der Waals surface area contributed by atoms with Gasteiger partial charge in [0.2, 0.25) is 0 Å². The topological polar surface area (TPSA) is 179 Å². The molecule has 0 fully saturated rings. The SMILES string of the molecule is CCOC(=O)c1c(C#N)c(=C2Sc3c(OCC)c4c(c(OCC)c3S2)SC(=c2c(C#N)c(C(=O)OCC)c3nc(C)nn23)S4)n2nc(C)nc12. The van der Waals surface area contributed by atoms with Gasteiger partial charge in [0.05, 0.1) is 65.6 Å². The van der Waals surface area contributed by atoms with Crippen molar-refractivity contribution in [3.8, 4) is 23.6 Å². The van der Waals surface area contributed by atoms with Crippen LogP contribution in [0.3, 0.4) is 0 Å². The normalized spacial score (nSPS) is 13.4. The molecule has 2 aliphatic heterocycles. The summed E-state index contributed by atoms with van der Waals surface area (Å²) in [5.41, 5.74) is 0.872. The van der Waals surface area contributed by atoms with Gasteiger partial charge in [-0.1, -0.05) is 47.0 Å². The van der Waals surface area contributed by atoms with Gasteiger partial charge < -0.3 is 18.9 Å². The van der Waals surface area contributed by atoms with Crippen LogP contribution in [0.15, 0.2) is 19.6 Å². The fourth-order valence-electron chi connectivity index (χ4n) is 5.67. The number of carbonyl (C=O) groups is 2. The van der Waals surface area contributed by atoms with Crippen molar-refractivity contribution in [1.29, 1.82) is 10.5 Å². The molecule has 6 heterocycles. The smallest absolute Gasteiger partial charge is 0.343 e. The summed E-state index contributed by atoms with van der Waals surface area (Å²) in [4.78, 5) is 38.1. The molecule has 1 aromatic carbocycles. The number of rotatable bonds is 8. The number of aromatic nitrogens is 6. The lowest BCUT2D eigenvalue weighted by Gasteiger charge is -2.16. The molecule has 14 nitrogen and oxygen atoms in total. The minimum Gasteiger partial charge on any atom is -0.491 e. The van der Waals surface area contributed by atoms with Gasteiger partial charge in [-0.3, -0.25) is 0 Å². The number of fused-ring (bicyclic) bond motifs is 4. The number of benzene rings is 1. The summed E-state index contributed by atoms with van der Waals surface area (Å²) in [6, 6.07) is 4.40. The molecular weight excluding hydrogens is 721 g/mol. The first-order chi connectivity index (χ1) is 24.2. The van der Waals surface area contributed by atoms with Crippen molar-refractivity contribution in [2.75, 3.05) is 26.4 Å². The molecular formula is C32H26N8O6S4. The number of ether oxygens (including phenoxy) is 4. The van der Waals surface area contributed by atoms with Crippen LogP contribution in [0.2, 0.25) is 0 Å². The number of aryl methyl sites for hydroxylation is 2. The molecule has 7 rings (SSSR count). The van der Waals surface area contributed by atoms with Crippen molar-refractivity contribution in [2.24, 2.45) is 0 Å². The van der Waals surface area contributed by atoms with E-state index in [1.165, 1.54) is 56.1 Å². The summed E-state index contributed by atoms with van der Waals surface area (Å²) in [7, 11) is 0. The van der Waals surface area contributed by atoms with Crippen LogP contribution in [0, 0.1) is 36.5 Å². The largest absolute Gasteiger partial charge is 0.491 e. The van der Waals surface area contributed by atoms with Crippen molar-refractivity contribution in [2.45, 2.75) is 61.1 Å². The monoisotopic (exact) mass is 746 g/mol. The maximum absolute atomic E-state index is 13.1. The molecule has 0 amide bonds. The van der Waals surface area contributed by atoms with E-state index in [1.54, 1.807) is 27.7 Å². The number of nitriles is 2. The number of hydrogen-bond acceptors (Lipinski definition) is 16. The third kappa shape index (κ3) is 5.12. The highest BCUT2D eigenvalue weighted by molar-refractivity contribution is 8.33. The average molecular weight is 747 g/mol. The third-order valence-corrected chi connectivity index (χ3v) is 12.6. The second-order valence-corrected chi connectivity index (χ2v) is 15.1. The fraction of sp³-hybridized carbons (Fsp3) is 0.312. The molecule has 5 aromatic rings. The van der Waals surface area contributed by atoms with E-state index in [1.807, 2.05) is 13.8 Å². The van der Waals surface area contributed by atoms with E-state index in [-0.39, 0.29) is 46.8 Å². The highest BCUT2D eigenvalue weighted by atomic mass is 32.2. The highest BCUT2D eigenvalue weighted by Crippen LogP contribution is 2.68. The zero-order chi connectivity index (χ0) is 35.4. The van der Waals surface area contributed by atoms with Crippen LogP contribution in [0.1, 0.15) is 71.2 Å². The quantitative estimate of drug-likeness (QED) is 0.200. The maximum Gasteiger partial charge on any atom is 0.343 e. The van der Waals surface area contributed by atoms with Crippen LogP contribution in [0.25, 0.3) is 19.8 Å². The van der Waals surface area contributed by atoms with Crippen LogP contribution >= 0.6 is 47.0 Å². The van der Waals surface area contributed by atoms with Gasteiger partial charge >= 0.3 is 11.9 Å². The molecule has 254 valence electrons. The number of esters is 2. The Morgan fingerprint density at radius 3 is 1.30 bits per heavy atom. The molecule has 50 heavy (non-hydrogen) atoms. The molecule has 0 spiro atoms. The van der Waals surface area contributed by atoms with Gasteiger partial charge in [-0.05, 0) is 41.5 Å². The number of hydrogen-bond donors (Lipinski definition) is 0. The first-order valence-corrected chi connectivity index (χ1v) is 18.7. The minimum atomic E-state index is -0.647. The van der Waals surface area contributed by atoms with E-state index in [2.05, 4.69) is 32.3 Å². The summed E-state index contributed by atoms with van der Waals surface area (Å²) in [5, 5.41) is 30.6. The predicted octanol–water partition coefficient (Wildman–Crippen LogP) is 4.65. The van der Waals surface area contributed by atoms with Gasteiger partial charge in [0.25, 0.3) is 0 Å². The Morgan fingerprint density at radius 2 is 1.00 bits per heavy atom. The van der Waals surface area contributed by atoms with E-state index in [9.17, 15) is 20.1 Å². The molecule has 0 bridgehead atoms. The Hall–Kier alpha value is -4.62. The summed E-state index contributed by atoms with van der Waals surface area (Å²) in [6.07, 6.45) is 0. The maximum atomic E-state index is 13.1. The zero-order valence-electron chi connectivity index (χ0n) is 27.5. The van der Waals surface area contributed by atoms with Crippen LogP contribution in [0.5, 0.6) is 11.5 Å². The molecule has 0 unspecified atom stereocenters. The van der Waals surface area contributed by atoms with E-state index in [0.717, 1.165) is 19.6 Å². The Kier molecular flexibility index (Phi) is 8.97. The Balaban J connectivity index is 1.47. The zero-order valence-corrected chi connectivity index (χ0v) is 30.8. The molecule has 2 aliphatic rings. The molecule has 0 saturated heterocycles. The lowest BCUT2D eigenvalue weighted by atomic mass is 10.2. The summed E-state index contributed by atoms with van der Waals surface area (Å²) in [6.45, 7) is 11.6. The Morgan fingerprint density at radius 1 is 0.640 bits per heavy atom. The molecule has 4 aromatic heterocycles. The van der Waals surface area contributed by atoms with Crippen LogP contribution < -0.4 is 20.2 Å². The first kappa shape index (κ1) is 33.9. The standard InChI is InChI=1S/C32H26N8O6S4/c1-7-43-21-23-25(49-31(47-23)19-15(11-33)17(29(41)45-9-3)27-35-13(5)37-39(19)27)22(44-8-2)26-24(21)48-32(50-26)20-16(12-34)18(30(42)46-10-4)28-36-14(6)38-40(20)28/h7-10H2,1-6H3. The second kappa shape index (κ2) is 13.3. The van der Waals surface area contributed by atoms with Crippen molar-refractivity contribution >= 4 is 78.8 Å². The average Bonchev–Trinajstić information content (AvgIpc) is 3.92. The highest BCUT2D eigenvalue weighted by Gasteiger charge is 2.39. The number of nitrogens with zero attached hydrogens (tertiary/aromatic N) is 8. The van der Waals surface area contributed by atoms with Crippen molar-refractivity contribution in [3.05, 3.63) is 44.6 Å². The van der Waals surface area contributed by atoms with Gasteiger partial charge in [0, 0.05) is 0 Å². The van der Waals surface area contributed by atoms with E-state index in [0.29, 0.717) is 55.5 Å². The molecule has 18 heteroatoms. The summed E-state index contributed by atoms with van der Waals surface area (Å²) in [5.74, 6) is 0.786. The summed E-state index contributed by atoms with van der Waals surface area (Å²) >= 11 is 5.55. The molecule has 0 atom stereocenters. The molecule has 0 N–H and O–H groups in total. The van der Waals surface area contributed by atoms with Gasteiger partial charge in [-0.15, -0.1) is 0 Å². The third-order valence-electron chi connectivity index (χ3n) is 7.43. The number of carbonyl (C=O) groups excluding carboxylic acids is 2. The lowest BCUT2D eigenvalue weighted by molar-refractivity contribution is 0.0518. The van der Waals surface area contributed by atoms with Crippen molar-refractivity contribution in [1.82, 2.24) is 29.2 Å². The molecule has 0 saturated carbocycles. The van der Waals surface area contributed by atoms with E-state index < -0.39 is 11.9 Å². The van der Waals surface area contributed by atoms with Crippen molar-refractivity contribution in [3.63, 3.8) is 0 Å². The van der Waals surface area contributed by atoms with E-state index >= 15 is 0 Å². The minimum absolute atomic E-state index is 0.0670. The van der Waals surface area contributed by atoms with Crippen molar-refractivity contribution < 1.29 is 28.5 Å². The molecule has 0 radical (unpaired) electrons. The Labute approximate surface area is 301 Å². The number of thioether (sulfide) groups is 4. The van der Waals surface area contributed by atoms with Crippen LogP contribution in [-0.4, -0.2) is 67.6 Å². The molecule has 0 aliphatic carbocycles. The fourth-order valence-corrected chi connectivity index (χ4v) is 11.3. The van der Waals surface area contributed by atoms with Gasteiger partial charge in [0.1, 0.15) is 57.1 Å². The van der Waals surface area contributed by atoms with E-state index in [4.69, 9.17) is 18.9 Å². The lowest BCUT2D eigenvalue weighted by Crippen LogP contribution is -2.16. The second-order valence-electron chi connectivity index (χ2n) is 10.5. The van der Waals surface area contributed by atoms with Crippen LogP contribution in [-0.2, 0) is 9.47 Å². The summed E-state index contributed by atoms with van der Waals surface area (Å²) < 4.78 is 27.7.